The maximum absolute atomic E-state index is 13.5. The first-order valence-electron chi connectivity index (χ1n) is 6.25. The number of anilines is 1. The minimum Gasteiger partial charge on any atom is -0.493 e. The van der Waals surface area contributed by atoms with Crippen molar-refractivity contribution < 1.29 is 23.4 Å². The van der Waals surface area contributed by atoms with E-state index in [1.54, 1.807) is 0 Å². The van der Waals surface area contributed by atoms with E-state index in [1.165, 1.54) is 27.2 Å². The molecule has 120 valence electrons. The number of aryl methyl sites for hydroxylation is 1. The zero-order valence-electron chi connectivity index (χ0n) is 12.2. The molecule has 0 bridgehead atoms. The molecule has 1 aromatic heterocycles. The van der Waals surface area contributed by atoms with Crippen LogP contribution >= 0.6 is 0 Å². The van der Waals surface area contributed by atoms with Gasteiger partial charge in [-0.1, -0.05) is 0 Å². The number of aromatic nitrogens is 2. The number of alkyl halides is 2. The maximum Gasteiger partial charge on any atom is 0.346 e. The fraction of sp³-hybridized carbons (Fsp3) is 0.385. The van der Waals surface area contributed by atoms with Crippen molar-refractivity contribution in [1.29, 1.82) is 0 Å². The molecule has 0 aliphatic heterocycles. The Morgan fingerprint density at radius 1 is 1.41 bits per heavy atom. The molecule has 1 aromatic carbocycles. The molecule has 0 amide bonds. The van der Waals surface area contributed by atoms with Crippen molar-refractivity contribution in [3.05, 3.63) is 22.2 Å². The molecule has 1 heterocycles. The van der Waals surface area contributed by atoms with Crippen LogP contribution in [-0.4, -0.2) is 41.9 Å². The highest BCUT2D eigenvalue weighted by atomic mass is 19.3. The van der Waals surface area contributed by atoms with Gasteiger partial charge in [0.1, 0.15) is 23.6 Å². The van der Waals surface area contributed by atoms with Gasteiger partial charge in [0.2, 0.25) is 0 Å². The molecule has 0 fully saturated rings. The Hall–Kier alpha value is -2.42. The highest BCUT2D eigenvalue weighted by molar-refractivity contribution is 5.96. The van der Waals surface area contributed by atoms with Gasteiger partial charge in [0.15, 0.2) is 11.5 Å². The second kappa shape index (κ2) is 5.76. The van der Waals surface area contributed by atoms with Gasteiger partial charge >= 0.3 is 6.05 Å². The summed E-state index contributed by atoms with van der Waals surface area (Å²) >= 11 is 0. The third-order valence-corrected chi connectivity index (χ3v) is 2.97. The Kier molecular flexibility index (Phi) is 4.18. The maximum atomic E-state index is 13.5. The lowest BCUT2D eigenvalue weighted by atomic mass is 10.1. The predicted octanol–water partition coefficient (Wildman–Crippen LogP) is 1.25. The summed E-state index contributed by atoms with van der Waals surface area (Å²) in [6.45, 7) is 0.0859. The number of H-pyrrole nitrogens is 1. The molecular formula is C13H15F2N3O4. The van der Waals surface area contributed by atoms with Gasteiger partial charge in [0, 0.05) is 0 Å². The fourth-order valence-corrected chi connectivity index (χ4v) is 2.04. The van der Waals surface area contributed by atoms with E-state index >= 15 is 0 Å². The number of benzene rings is 1. The molecule has 2 rings (SSSR count). The summed E-state index contributed by atoms with van der Waals surface area (Å²) in [5.74, 6) is 0.295. The lowest BCUT2D eigenvalue weighted by Crippen LogP contribution is -2.32. The molecular weight excluding hydrogens is 300 g/mol. The van der Waals surface area contributed by atoms with Crippen molar-refractivity contribution in [3.63, 3.8) is 0 Å². The Balaban J connectivity index is 2.86. The van der Waals surface area contributed by atoms with E-state index in [1.807, 2.05) is 5.32 Å². The highest BCUT2D eigenvalue weighted by Gasteiger charge is 2.31. The van der Waals surface area contributed by atoms with Crippen LogP contribution in [0.5, 0.6) is 11.5 Å². The number of aliphatic hydroxyl groups is 1. The summed E-state index contributed by atoms with van der Waals surface area (Å²) in [6.07, 6.45) is 0. The summed E-state index contributed by atoms with van der Waals surface area (Å²) in [5.41, 5.74) is -0.740. The van der Waals surface area contributed by atoms with E-state index in [9.17, 15) is 13.6 Å². The molecule has 0 aliphatic rings. The van der Waals surface area contributed by atoms with Gasteiger partial charge in [-0.3, -0.25) is 4.79 Å². The first kappa shape index (κ1) is 16.0. The van der Waals surface area contributed by atoms with Crippen molar-refractivity contribution in [1.82, 2.24) is 9.97 Å². The van der Waals surface area contributed by atoms with Gasteiger partial charge in [-0.25, -0.2) is 4.98 Å². The van der Waals surface area contributed by atoms with Crippen LogP contribution in [0.1, 0.15) is 5.82 Å². The number of nitrogens with zero attached hydrogens (tertiary/aromatic N) is 1. The van der Waals surface area contributed by atoms with Crippen LogP contribution in [0.2, 0.25) is 0 Å². The van der Waals surface area contributed by atoms with Crippen LogP contribution in [-0.2, 0) is 0 Å². The van der Waals surface area contributed by atoms with E-state index in [4.69, 9.17) is 14.6 Å². The number of halogens is 2. The van der Waals surface area contributed by atoms with Crippen LogP contribution in [0.3, 0.4) is 0 Å². The van der Waals surface area contributed by atoms with E-state index in [0.717, 1.165) is 0 Å². The number of rotatable bonds is 5. The molecule has 3 N–H and O–H groups in total. The third kappa shape index (κ3) is 2.80. The van der Waals surface area contributed by atoms with Crippen LogP contribution < -0.4 is 20.3 Å². The largest absolute Gasteiger partial charge is 0.493 e. The van der Waals surface area contributed by atoms with Crippen LogP contribution in [0.25, 0.3) is 10.9 Å². The fourth-order valence-electron chi connectivity index (χ4n) is 2.04. The monoisotopic (exact) mass is 315 g/mol. The average molecular weight is 315 g/mol. The first-order chi connectivity index (χ1) is 10.3. The summed E-state index contributed by atoms with van der Waals surface area (Å²) in [4.78, 5) is 18.5. The van der Waals surface area contributed by atoms with Crippen molar-refractivity contribution in [3.8, 4) is 11.5 Å². The van der Waals surface area contributed by atoms with Crippen LogP contribution in [0, 0.1) is 6.92 Å². The van der Waals surface area contributed by atoms with E-state index in [2.05, 4.69) is 9.97 Å². The number of nitrogens with one attached hydrogen (secondary N) is 2. The molecule has 0 saturated heterocycles. The number of aromatic amines is 1. The van der Waals surface area contributed by atoms with Gasteiger partial charge < -0.3 is 24.9 Å². The zero-order chi connectivity index (χ0) is 16.5. The van der Waals surface area contributed by atoms with Gasteiger partial charge in [-0.2, -0.15) is 8.78 Å². The minimum absolute atomic E-state index is 0.00738. The Labute approximate surface area is 123 Å². The van der Waals surface area contributed by atoms with Gasteiger partial charge in [0.25, 0.3) is 5.56 Å². The molecule has 0 radical (unpaired) electrons. The second-order valence-corrected chi connectivity index (χ2v) is 4.52. The molecule has 2 aromatic rings. The molecule has 0 saturated carbocycles. The normalized spacial score (nSPS) is 11.5. The Morgan fingerprint density at radius 3 is 2.64 bits per heavy atom. The van der Waals surface area contributed by atoms with Crippen molar-refractivity contribution in [2.75, 3.05) is 26.1 Å². The second-order valence-electron chi connectivity index (χ2n) is 4.52. The summed E-state index contributed by atoms with van der Waals surface area (Å²) in [5, 5.41) is 10.7. The topological polar surface area (TPSA) is 96.5 Å². The van der Waals surface area contributed by atoms with Gasteiger partial charge in [-0.15, -0.1) is 0 Å². The van der Waals surface area contributed by atoms with Crippen LogP contribution in [0.4, 0.5) is 14.5 Å². The number of methoxy groups -OCH3 is 2. The SMILES string of the molecule is COc1cc2c(=O)[nH]c(C)nc2c(NC(F)(F)CO)c1OC. The number of hydrogen-bond donors (Lipinski definition) is 3. The molecule has 0 aliphatic carbocycles. The molecule has 7 nitrogen and oxygen atoms in total. The van der Waals surface area contributed by atoms with E-state index in [0.29, 0.717) is 0 Å². The van der Waals surface area contributed by atoms with Gasteiger partial charge in [-0.05, 0) is 13.0 Å². The standard InChI is InChI=1S/C13H15F2N3O4/c1-6-16-9-7(12(20)17-6)4-8(21-2)11(22-3)10(9)18-13(14,15)5-19/h4,18-19H,5H2,1-3H3,(H,16,17,20). The first-order valence-corrected chi connectivity index (χ1v) is 6.25. The van der Waals surface area contributed by atoms with E-state index < -0.39 is 18.2 Å². The van der Waals surface area contributed by atoms with Crippen molar-refractivity contribution in [2.24, 2.45) is 0 Å². The Bertz CT molecular complexity index is 761. The molecule has 0 spiro atoms. The van der Waals surface area contributed by atoms with Crippen molar-refractivity contribution >= 4 is 16.6 Å². The minimum atomic E-state index is -3.62. The summed E-state index contributed by atoms with van der Waals surface area (Å²) < 4.78 is 37.3. The number of aliphatic hydroxyl groups excluding tert-OH is 1. The predicted molar refractivity (Wildman–Crippen MR) is 75.9 cm³/mol. The lowest BCUT2D eigenvalue weighted by molar-refractivity contribution is -0.0234. The summed E-state index contributed by atoms with van der Waals surface area (Å²) in [6, 6.07) is -2.27. The van der Waals surface area contributed by atoms with Crippen LogP contribution in [0.15, 0.2) is 10.9 Å². The molecule has 22 heavy (non-hydrogen) atoms. The molecule has 0 atom stereocenters. The smallest absolute Gasteiger partial charge is 0.346 e. The molecule has 0 unspecified atom stereocenters. The lowest BCUT2D eigenvalue weighted by Gasteiger charge is -2.21. The van der Waals surface area contributed by atoms with E-state index in [-0.39, 0.29) is 33.9 Å². The quantitative estimate of drug-likeness (QED) is 0.719. The zero-order valence-corrected chi connectivity index (χ0v) is 12.2. The van der Waals surface area contributed by atoms with Crippen molar-refractivity contribution in [2.45, 2.75) is 13.0 Å². The average Bonchev–Trinajstić information content (AvgIpc) is 2.47. The number of ether oxygens (including phenoxy) is 2. The van der Waals surface area contributed by atoms with Gasteiger partial charge in [0.05, 0.1) is 19.6 Å². The molecule has 9 heteroatoms. The third-order valence-electron chi connectivity index (χ3n) is 2.97. The number of fused-ring (bicyclic) bond motifs is 1. The highest BCUT2D eigenvalue weighted by Crippen LogP contribution is 2.41. The summed E-state index contributed by atoms with van der Waals surface area (Å²) in [7, 11) is 2.58. The number of hydrogen-bond acceptors (Lipinski definition) is 6. The Morgan fingerprint density at radius 2 is 2.09 bits per heavy atom.